The molecular weight excluding hydrogens is 592 g/mol. The molecule has 0 saturated carbocycles. The van der Waals surface area contributed by atoms with Gasteiger partial charge in [-0.15, -0.1) is 0 Å². The topological polar surface area (TPSA) is 68.3 Å². The molecule has 0 aromatic heterocycles. The lowest BCUT2D eigenvalue weighted by Gasteiger charge is -2.27. The van der Waals surface area contributed by atoms with Crippen molar-refractivity contribution in [2.24, 2.45) is 0 Å². The van der Waals surface area contributed by atoms with Crippen LogP contribution in [0, 0.1) is 0 Å². The minimum absolute atomic E-state index is 0.574. The van der Waals surface area contributed by atoms with Gasteiger partial charge in [0.2, 0.25) is 0 Å². The number of benzene rings is 6. The van der Waals surface area contributed by atoms with E-state index < -0.39 is 0 Å². The molecule has 0 heterocycles. The first kappa shape index (κ1) is 30.6. The molecule has 0 unspecified atom stereocenters. The lowest BCUT2D eigenvalue weighted by Crippen LogP contribution is -2.06. The van der Waals surface area contributed by atoms with E-state index in [2.05, 4.69) is 24.3 Å². The van der Waals surface area contributed by atoms with Crippen molar-refractivity contribution < 1.29 is 19.2 Å². The normalized spacial score (nSPS) is 12.2. The zero-order valence-corrected chi connectivity index (χ0v) is 26.3. The number of rotatable bonds is 9. The second kappa shape index (κ2) is 13.4. The van der Waals surface area contributed by atoms with Crippen LogP contribution in [0.15, 0.2) is 121 Å². The van der Waals surface area contributed by atoms with E-state index in [1.165, 1.54) is 16.7 Å². The van der Waals surface area contributed by atoms with E-state index in [-0.39, 0.29) is 0 Å². The van der Waals surface area contributed by atoms with Crippen LogP contribution < -0.4 is 0 Å². The molecule has 0 fully saturated rings. The molecule has 4 heteroatoms. The Hall–Kier alpha value is -6.00. The summed E-state index contributed by atoms with van der Waals surface area (Å²) in [6.07, 6.45) is 7.67. The van der Waals surface area contributed by atoms with Crippen LogP contribution in [-0.4, -0.2) is 25.1 Å². The summed E-state index contributed by atoms with van der Waals surface area (Å²) in [4.78, 5) is 46.8. The predicted octanol–water partition coefficient (Wildman–Crippen LogP) is 10.2. The highest BCUT2D eigenvalue weighted by molar-refractivity contribution is 6.08. The van der Waals surface area contributed by atoms with E-state index in [0.29, 0.717) is 22.3 Å². The molecule has 1 aliphatic carbocycles. The third-order valence-corrected chi connectivity index (χ3v) is 9.38. The van der Waals surface area contributed by atoms with Crippen molar-refractivity contribution in [1.82, 2.24) is 0 Å². The third-order valence-electron chi connectivity index (χ3n) is 9.38. The smallest absolute Gasteiger partial charge is 0.150 e. The number of fused-ring (bicyclic) bond motifs is 1. The predicted molar refractivity (Wildman–Crippen MR) is 192 cm³/mol. The summed E-state index contributed by atoms with van der Waals surface area (Å²) in [6, 6.07) is 39.3. The second-order valence-corrected chi connectivity index (χ2v) is 12.2. The van der Waals surface area contributed by atoms with E-state index in [0.717, 1.165) is 101 Å². The lowest BCUT2D eigenvalue weighted by molar-refractivity contribution is 0.111. The Bertz CT molecular complexity index is 2160. The van der Waals surface area contributed by atoms with Gasteiger partial charge in [0.25, 0.3) is 0 Å². The molecule has 4 nitrogen and oxygen atoms in total. The van der Waals surface area contributed by atoms with Gasteiger partial charge in [-0.3, -0.25) is 19.2 Å². The first-order chi connectivity index (χ1) is 23.6. The average molecular weight is 625 g/mol. The fourth-order valence-electron chi connectivity index (χ4n) is 6.97. The highest BCUT2D eigenvalue weighted by Crippen LogP contribution is 2.51. The molecule has 0 spiro atoms. The first-order valence-corrected chi connectivity index (χ1v) is 16.2. The van der Waals surface area contributed by atoms with Crippen molar-refractivity contribution >= 4 is 25.1 Å². The van der Waals surface area contributed by atoms with Crippen LogP contribution in [-0.2, 0) is 12.8 Å². The molecular formula is C44H32O4. The van der Waals surface area contributed by atoms with E-state index in [1.54, 1.807) is 0 Å². The number of hydrogen-bond acceptors (Lipinski definition) is 4. The highest BCUT2D eigenvalue weighted by atomic mass is 16.1. The Kier molecular flexibility index (Phi) is 8.55. The van der Waals surface area contributed by atoms with Crippen molar-refractivity contribution in [3.05, 3.63) is 155 Å². The molecule has 48 heavy (non-hydrogen) atoms. The Morgan fingerprint density at radius 2 is 0.792 bits per heavy atom. The van der Waals surface area contributed by atoms with Gasteiger partial charge in [0, 0.05) is 22.3 Å². The van der Waals surface area contributed by atoms with E-state index in [1.807, 2.05) is 97.1 Å². The SMILES string of the molecule is O=Cc1ccc(-c2cc(-c3cccc4c3CCCC4)c(-c3ccc(C=O)cc3)c(-c3ccc(C=O)cc3)c2-c2ccc(C=O)cc2)cc1. The Balaban J connectivity index is 1.68. The molecule has 0 bridgehead atoms. The highest BCUT2D eigenvalue weighted by Gasteiger charge is 2.26. The molecule has 0 amide bonds. The summed E-state index contributed by atoms with van der Waals surface area (Å²) < 4.78 is 0. The van der Waals surface area contributed by atoms with Crippen molar-refractivity contribution in [2.45, 2.75) is 25.7 Å². The molecule has 7 rings (SSSR count). The van der Waals surface area contributed by atoms with Crippen LogP contribution in [0.25, 0.3) is 55.6 Å². The summed E-state index contributed by atoms with van der Waals surface area (Å²) in [7, 11) is 0. The molecule has 0 saturated heterocycles. The van der Waals surface area contributed by atoms with E-state index >= 15 is 0 Å². The fourth-order valence-corrected chi connectivity index (χ4v) is 6.97. The minimum atomic E-state index is 0.574. The van der Waals surface area contributed by atoms with Gasteiger partial charge in [0.15, 0.2) is 0 Å². The summed E-state index contributed by atoms with van der Waals surface area (Å²) in [5, 5.41) is 0. The van der Waals surface area contributed by atoms with Crippen LogP contribution in [0.1, 0.15) is 65.4 Å². The standard InChI is InChI=1S/C44H32O4/c45-25-29-8-16-34(17-9-29)40-24-41(39-7-3-5-33-4-1-2-6-38(33)39)43(36-20-12-31(27-47)13-21-36)44(37-22-14-32(28-48)15-23-37)42(40)35-18-10-30(26-46)11-19-35/h3,5,7-28H,1-2,4,6H2. The molecule has 0 aliphatic heterocycles. The van der Waals surface area contributed by atoms with E-state index in [4.69, 9.17) is 0 Å². The summed E-state index contributed by atoms with van der Waals surface area (Å²) >= 11 is 0. The second-order valence-electron chi connectivity index (χ2n) is 12.2. The molecule has 0 radical (unpaired) electrons. The first-order valence-electron chi connectivity index (χ1n) is 16.2. The summed E-state index contributed by atoms with van der Waals surface area (Å²) in [5.41, 5.74) is 14.9. The monoisotopic (exact) mass is 624 g/mol. The van der Waals surface area contributed by atoms with Crippen molar-refractivity contribution in [3.63, 3.8) is 0 Å². The third kappa shape index (κ3) is 5.73. The Labute approximate surface area is 279 Å². The van der Waals surface area contributed by atoms with Crippen LogP contribution >= 0.6 is 0 Å². The van der Waals surface area contributed by atoms with Gasteiger partial charge in [-0.1, -0.05) is 115 Å². The van der Waals surface area contributed by atoms with Gasteiger partial charge >= 0.3 is 0 Å². The number of aryl methyl sites for hydroxylation is 1. The number of hydrogen-bond donors (Lipinski definition) is 0. The Morgan fingerprint density at radius 1 is 0.375 bits per heavy atom. The number of aldehydes is 4. The molecule has 6 aromatic carbocycles. The molecule has 6 aromatic rings. The zero-order chi connectivity index (χ0) is 33.0. The van der Waals surface area contributed by atoms with Crippen LogP contribution in [0.4, 0.5) is 0 Å². The molecule has 232 valence electrons. The van der Waals surface area contributed by atoms with E-state index in [9.17, 15) is 19.2 Å². The molecule has 0 atom stereocenters. The molecule has 1 aliphatic rings. The van der Waals surface area contributed by atoms with Gasteiger partial charge in [-0.2, -0.15) is 0 Å². The molecule has 0 N–H and O–H groups in total. The summed E-state index contributed by atoms with van der Waals surface area (Å²) in [6.45, 7) is 0. The van der Waals surface area contributed by atoms with Crippen LogP contribution in [0.5, 0.6) is 0 Å². The fraction of sp³-hybridized carbons (Fsp3) is 0.0909. The maximum atomic E-state index is 11.7. The van der Waals surface area contributed by atoms with Crippen LogP contribution in [0.3, 0.4) is 0 Å². The quantitative estimate of drug-likeness (QED) is 0.150. The average Bonchev–Trinajstić information content (AvgIpc) is 3.17. The maximum Gasteiger partial charge on any atom is 0.150 e. The zero-order valence-electron chi connectivity index (χ0n) is 26.3. The van der Waals surface area contributed by atoms with Gasteiger partial charge in [0.1, 0.15) is 25.1 Å². The largest absolute Gasteiger partial charge is 0.298 e. The van der Waals surface area contributed by atoms with Crippen LogP contribution in [0.2, 0.25) is 0 Å². The maximum absolute atomic E-state index is 11.7. The van der Waals surface area contributed by atoms with Crippen molar-refractivity contribution in [2.75, 3.05) is 0 Å². The van der Waals surface area contributed by atoms with Gasteiger partial charge < -0.3 is 0 Å². The number of carbonyl (C=O) groups is 4. The summed E-state index contributed by atoms with van der Waals surface area (Å²) in [5.74, 6) is 0. The van der Waals surface area contributed by atoms with Gasteiger partial charge in [-0.25, -0.2) is 0 Å². The minimum Gasteiger partial charge on any atom is -0.298 e. The van der Waals surface area contributed by atoms with Gasteiger partial charge in [-0.05, 0) is 98.5 Å². The van der Waals surface area contributed by atoms with Gasteiger partial charge in [0.05, 0.1) is 0 Å². The van der Waals surface area contributed by atoms with Crippen molar-refractivity contribution in [1.29, 1.82) is 0 Å². The number of carbonyl (C=O) groups excluding carboxylic acids is 4. The lowest BCUT2D eigenvalue weighted by atomic mass is 9.76. The Morgan fingerprint density at radius 3 is 1.27 bits per heavy atom. The van der Waals surface area contributed by atoms with Crippen molar-refractivity contribution in [3.8, 4) is 55.6 Å².